The van der Waals surface area contributed by atoms with Gasteiger partial charge in [0.15, 0.2) is 17.0 Å². The molecule has 0 bridgehead atoms. The molecule has 1 aliphatic heterocycles. The van der Waals surface area contributed by atoms with Crippen LogP contribution in [0.4, 0.5) is 11.8 Å². The van der Waals surface area contributed by atoms with E-state index >= 15 is 0 Å². The zero-order valence-electron chi connectivity index (χ0n) is 22.7. The molecule has 2 saturated carbocycles. The van der Waals surface area contributed by atoms with Crippen LogP contribution in [0.15, 0.2) is 30.6 Å². The minimum absolute atomic E-state index is 0.443. The van der Waals surface area contributed by atoms with Gasteiger partial charge in [-0.3, -0.25) is 0 Å². The van der Waals surface area contributed by atoms with Gasteiger partial charge in [0.1, 0.15) is 5.75 Å². The maximum atomic E-state index is 6.75. The topological polar surface area (TPSA) is 106 Å². The van der Waals surface area contributed by atoms with Gasteiger partial charge in [-0.15, -0.1) is 0 Å². The van der Waals surface area contributed by atoms with Crippen LogP contribution in [0.2, 0.25) is 0 Å². The Labute approximate surface area is 225 Å². The summed E-state index contributed by atoms with van der Waals surface area (Å²) in [6.07, 6.45) is 15.7. The second kappa shape index (κ2) is 11.1. The van der Waals surface area contributed by atoms with Gasteiger partial charge in [0.25, 0.3) is 0 Å². The van der Waals surface area contributed by atoms with Gasteiger partial charge < -0.3 is 25.8 Å². The number of fused-ring (bicyclic) bond motifs is 1. The number of piperidine rings is 1. The van der Waals surface area contributed by atoms with E-state index in [0.29, 0.717) is 17.9 Å². The van der Waals surface area contributed by atoms with Crippen LogP contribution in [-0.2, 0) is 6.42 Å². The van der Waals surface area contributed by atoms with Gasteiger partial charge in [-0.2, -0.15) is 9.97 Å². The fourth-order valence-electron chi connectivity index (χ4n) is 6.52. The summed E-state index contributed by atoms with van der Waals surface area (Å²) in [7, 11) is 1.71. The Morgan fingerprint density at radius 2 is 1.71 bits per heavy atom. The van der Waals surface area contributed by atoms with Crippen LogP contribution >= 0.6 is 0 Å². The van der Waals surface area contributed by atoms with Crippen molar-refractivity contribution in [3.63, 3.8) is 0 Å². The number of methoxy groups -OCH3 is 1. The molecular weight excluding hydrogens is 476 g/mol. The summed E-state index contributed by atoms with van der Waals surface area (Å²) in [5.41, 5.74) is 13.1. The van der Waals surface area contributed by atoms with Gasteiger partial charge in [0, 0.05) is 19.1 Å². The molecule has 1 saturated heterocycles. The highest BCUT2D eigenvalue weighted by Crippen LogP contribution is 2.34. The van der Waals surface area contributed by atoms with Crippen molar-refractivity contribution in [1.82, 2.24) is 24.5 Å². The lowest BCUT2D eigenvalue weighted by Gasteiger charge is -2.35. The molecule has 4 N–H and O–H groups in total. The number of nitrogens with one attached hydrogen (secondary N) is 2. The van der Waals surface area contributed by atoms with Crippen molar-refractivity contribution >= 4 is 22.9 Å². The van der Waals surface area contributed by atoms with Gasteiger partial charge in [-0.25, -0.2) is 9.99 Å². The van der Waals surface area contributed by atoms with Crippen LogP contribution in [-0.4, -0.2) is 50.4 Å². The van der Waals surface area contributed by atoms with Crippen LogP contribution in [0.3, 0.4) is 0 Å². The molecule has 0 unspecified atom stereocenters. The summed E-state index contributed by atoms with van der Waals surface area (Å²) in [6.45, 7) is 1.94. The summed E-state index contributed by atoms with van der Waals surface area (Å²) in [5, 5.41) is 5.82. The third kappa shape index (κ3) is 5.59. The molecular formula is C29H42N8O. The Morgan fingerprint density at radius 1 is 0.974 bits per heavy atom. The van der Waals surface area contributed by atoms with Crippen LogP contribution in [0.25, 0.3) is 11.2 Å². The van der Waals surface area contributed by atoms with Crippen LogP contribution in [0, 0.1) is 5.92 Å². The van der Waals surface area contributed by atoms with Crippen LogP contribution in [0.5, 0.6) is 5.75 Å². The van der Waals surface area contributed by atoms with Crippen LogP contribution < -0.4 is 21.2 Å². The number of nitrogens with two attached hydrogens (primary N) is 1. The van der Waals surface area contributed by atoms with Crippen molar-refractivity contribution in [2.45, 2.75) is 88.8 Å². The molecule has 0 amide bonds. The minimum Gasteiger partial charge on any atom is -0.497 e. The van der Waals surface area contributed by atoms with Crippen LogP contribution in [0.1, 0.15) is 82.2 Å². The fraction of sp³-hybridized carbons (Fsp3) is 0.621. The van der Waals surface area contributed by atoms with Crippen molar-refractivity contribution in [2.24, 2.45) is 11.7 Å². The summed E-state index contributed by atoms with van der Waals surface area (Å²) >= 11 is 0. The number of imidazole rings is 1. The third-order valence-corrected chi connectivity index (χ3v) is 8.81. The molecule has 3 aliphatic rings. The molecule has 1 aromatic carbocycles. The second-order valence-electron chi connectivity index (χ2n) is 11.6. The first-order chi connectivity index (χ1) is 18.6. The van der Waals surface area contributed by atoms with E-state index in [2.05, 4.69) is 44.6 Å². The Kier molecular flexibility index (Phi) is 7.39. The summed E-state index contributed by atoms with van der Waals surface area (Å²) in [5.74, 6) is 2.98. The number of nitrogens with zero attached hydrogens (tertiary/aromatic N) is 5. The first-order valence-electron chi connectivity index (χ1n) is 14.5. The number of hydrazine groups is 1. The van der Waals surface area contributed by atoms with E-state index in [0.717, 1.165) is 80.8 Å². The largest absolute Gasteiger partial charge is 0.497 e. The normalized spacial score (nSPS) is 21.1. The smallest absolute Gasteiger partial charge is 0.228 e. The van der Waals surface area contributed by atoms with E-state index in [4.69, 9.17) is 25.4 Å². The Hall–Kier alpha value is -2.91. The SMILES string of the molecule is COc1ccc(CC2CCN(Nc3nc(NC4(N)CCCCC4)nc4c3ncn4C3CCCC3)CC2)cc1. The molecule has 2 aromatic heterocycles. The van der Waals surface area contributed by atoms with Crippen molar-refractivity contribution in [3.8, 4) is 5.75 Å². The number of hydrogen-bond acceptors (Lipinski definition) is 8. The number of benzene rings is 1. The van der Waals surface area contributed by atoms with Crippen molar-refractivity contribution in [3.05, 3.63) is 36.2 Å². The summed E-state index contributed by atoms with van der Waals surface area (Å²) < 4.78 is 7.57. The summed E-state index contributed by atoms with van der Waals surface area (Å²) in [6, 6.07) is 8.95. The van der Waals surface area contributed by atoms with Gasteiger partial charge in [0.05, 0.1) is 19.1 Å². The monoisotopic (exact) mass is 518 g/mol. The average Bonchev–Trinajstić information content (AvgIpc) is 3.61. The standard InChI is InChI=1S/C29H42N8O/c1-38-24-11-9-21(10-12-24)19-22-13-17-36(18-14-22)35-26-25-27(37(20-31-25)23-7-3-4-8-23)33-28(32-26)34-29(30)15-5-2-6-16-29/h9-12,20,22-23H,2-8,13-19,30H2,1H3,(H2,32,33,34,35). The number of ether oxygens (including phenoxy) is 1. The predicted octanol–water partition coefficient (Wildman–Crippen LogP) is 5.26. The molecule has 3 fully saturated rings. The number of rotatable bonds is 8. The highest BCUT2D eigenvalue weighted by molar-refractivity contribution is 5.84. The fourth-order valence-corrected chi connectivity index (χ4v) is 6.52. The molecule has 3 heterocycles. The Balaban J connectivity index is 1.18. The molecule has 2 aliphatic carbocycles. The lowest BCUT2D eigenvalue weighted by Crippen LogP contribution is -2.49. The third-order valence-electron chi connectivity index (χ3n) is 8.81. The molecule has 0 radical (unpaired) electrons. The minimum atomic E-state index is -0.443. The van der Waals surface area contributed by atoms with E-state index in [1.54, 1.807) is 7.11 Å². The number of hydrogen-bond donors (Lipinski definition) is 3. The molecule has 0 spiro atoms. The molecule has 0 atom stereocenters. The zero-order chi connectivity index (χ0) is 26.0. The van der Waals surface area contributed by atoms with Crippen molar-refractivity contribution in [1.29, 1.82) is 0 Å². The lowest BCUT2D eigenvalue weighted by atomic mass is 9.90. The lowest BCUT2D eigenvalue weighted by molar-refractivity contribution is 0.216. The van der Waals surface area contributed by atoms with E-state index in [1.165, 1.54) is 37.7 Å². The molecule has 204 valence electrons. The van der Waals surface area contributed by atoms with Crippen molar-refractivity contribution < 1.29 is 4.74 Å². The zero-order valence-corrected chi connectivity index (χ0v) is 22.7. The molecule has 9 nitrogen and oxygen atoms in total. The molecule has 6 rings (SSSR count). The second-order valence-corrected chi connectivity index (χ2v) is 11.6. The number of aromatic nitrogens is 4. The highest BCUT2D eigenvalue weighted by Gasteiger charge is 2.30. The first-order valence-corrected chi connectivity index (χ1v) is 14.5. The highest BCUT2D eigenvalue weighted by atomic mass is 16.5. The summed E-state index contributed by atoms with van der Waals surface area (Å²) in [4.78, 5) is 14.7. The van der Waals surface area contributed by atoms with Gasteiger partial charge >= 0.3 is 0 Å². The predicted molar refractivity (Wildman–Crippen MR) is 151 cm³/mol. The quantitative estimate of drug-likeness (QED) is 0.347. The maximum absolute atomic E-state index is 6.75. The van der Waals surface area contributed by atoms with Gasteiger partial charge in [-0.05, 0) is 81.4 Å². The van der Waals surface area contributed by atoms with E-state index in [9.17, 15) is 0 Å². The maximum Gasteiger partial charge on any atom is 0.228 e. The molecule has 3 aromatic rings. The Bertz CT molecular complexity index is 1210. The van der Waals surface area contributed by atoms with Gasteiger partial charge in [-0.1, -0.05) is 31.4 Å². The molecule has 9 heteroatoms. The Morgan fingerprint density at radius 3 is 2.42 bits per heavy atom. The average molecular weight is 519 g/mol. The van der Waals surface area contributed by atoms with Gasteiger partial charge in [0.2, 0.25) is 5.95 Å². The first kappa shape index (κ1) is 25.4. The number of anilines is 2. The van der Waals surface area contributed by atoms with E-state index in [-0.39, 0.29) is 0 Å². The molecule has 38 heavy (non-hydrogen) atoms. The van der Waals surface area contributed by atoms with Crippen molar-refractivity contribution in [2.75, 3.05) is 30.9 Å². The van der Waals surface area contributed by atoms with E-state index < -0.39 is 5.66 Å². The van der Waals surface area contributed by atoms with E-state index in [1.807, 2.05) is 6.33 Å².